The molecule has 0 spiro atoms. The minimum Gasteiger partial charge on any atom is -0.438 e. The van der Waals surface area contributed by atoms with Crippen LogP contribution < -0.4 is 10.3 Å². The van der Waals surface area contributed by atoms with Gasteiger partial charge in [-0.15, -0.1) is 0 Å². The normalized spacial score (nSPS) is 24.4. The Morgan fingerprint density at radius 2 is 1.31 bits per heavy atom. The summed E-state index contributed by atoms with van der Waals surface area (Å²) in [5, 5.41) is 33.1. The topological polar surface area (TPSA) is 420 Å². The molecule has 2 aliphatic heterocycles. The molecule has 0 amide bonds. The monoisotopic (exact) mass is 1030 g/mol. The zero-order chi connectivity index (χ0) is 50.0. The lowest BCUT2D eigenvalue weighted by atomic mass is 10.1. The van der Waals surface area contributed by atoms with Crippen LogP contribution in [-0.4, -0.2) is 147 Å². The van der Waals surface area contributed by atoms with Crippen LogP contribution in [0.2, 0.25) is 0 Å². The van der Waals surface area contributed by atoms with Gasteiger partial charge in [0, 0.05) is 33.8 Å². The number of ether oxygens (including phenoxy) is 7. The number of phosphoric acid groups is 3. The molecule has 2 saturated heterocycles. The van der Waals surface area contributed by atoms with Gasteiger partial charge in [0.15, 0.2) is 36.2 Å². The molecule has 376 valence electrons. The number of nitrogens with two attached hydrogens (primary N) is 1. The number of carbonyl (C=O) groups is 5. The van der Waals surface area contributed by atoms with Crippen LogP contribution in [0.4, 0.5) is 5.82 Å². The second-order valence-electron chi connectivity index (χ2n) is 13.7. The molecular weight excluding hydrogens is 989 g/mol. The van der Waals surface area contributed by atoms with E-state index in [0.717, 1.165) is 55.7 Å². The van der Waals surface area contributed by atoms with Crippen LogP contribution >= 0.6 is 23.5 Å². The standard InChI is InChI=1S/C33H43N6O26P3/c1-17(40)52-13-56-33(47)21-6-5-7-38(8-21)31-27(46)25(44)22(62-31)10-58-68(51,61-16-55-20(4)43)65-66(48,49)57-9-23-26(45)28(32(63-23)39-12-37-24-29(34)35-11-36-30(24)39)64-67(50,59-14-53-18(2)41)60-15-54-19(3)42/h5-8,11-12,22-23,25-28,31-32,44-46H,9-10,13-16H2,1-4H3,(H2-,34,35,36,48,49)/p+1/t22-,23-,25-,26-,27-,28-,31-,32-,68?/m1/s1. The Bertz CT molecular complexity index is 2420. The number of fused-ring (bicyclic) bond motifs is 1. The molecule has 0 aromatic carbocycles. The Hall–Kier alpha value is -4.98. The Morgan fingerprint density at radius 3 is 1.93 bits per heavy atom. The molecule has 32 nitrogen and oxygen atoms in total. The molecule has 2 aliphatic rings. The molecule has 0 bridgehead atoms. The molecule has 5 rings (SSSR count). The van der Waals surface area contributed by atoms with Crippen molar-refractivity contribution in [1.29, 1.82) is 0 Å². The lowest BCUT2D eigenvalue weighted by molar-refractivity contribution is -0.765. The molecule has 2 fully saturated rings. The predicted octanol–water partition coefficient (Wildman–Crippen LogP) is -0.686. The maximum Gasteiger partial charge on any atom is 0.486 e. The fraction of sp³-hybridized carbons (Fsp3) is 0.545. The predicted molar refractivity (Wildman–Crippen MR) is 210 cm³/mol. The number of anilines is 1. The highest BCUT2D eigenvalue weighted by Crippen LogP contribution is 2.64. The number of imidazole rings is 1. The maximum atomic E-state index is 13.8. The first kappa shape index (κ1) is 54.0. The van der Waals surface area contributed by atoms with Crippen molar-refractivity contribution in [3.05, 3.63) is 42.7 Å². The fourth-order valence-corrected chi connectivity index (χ4v) is 9.30. The second-order valence-corrected chi connectivity index (χ2v) is 18.5. The summed E-state index contributed by atoms with van der Waals surface area (Å²) in [5.41, 5.74) is 5.75. The van der Waals surface area contributed by atoms with Gasteiger partial charge >= 0.3 is 53.3 Å². The van der Waals surface area contributed by atoms with Crippen LogP contribution in [0.1, 0.15) is 50.5 Å². The lowest BCUT2D eigenvalue weighted by Crippen LogP contribution is -2.46. The van der Waals surface area contributed by atoms with Gasteiger partial charge in [-0.1, -0.05) is 0 Å². The van der Waals surface area contributed by atoms with Crippen LogP contribution in [0.5, 0.6) is 0 Å². The van der Waals surface area contributed by atoms with Crippen molar-refractivity contribution < 1.29 is 127 Å². The van der Waals surface area contributed by atoms with Crippen molar-refractivity contribution in [2.75, 3.05) is 46.1 Å². The van der Waals surface area contributed by atoms with Gasteiger partial charge in [-0.2, -0.15) is 8.88 Å². The van der Waals surface area contributed by atoms with E-state index in [1.54, 1.807) is 0 Å². The number of pyridine rings is 1. The van der Waals surface area contributed by atoms with Crippen molar-refractivity contribution in [2.24, 2.45) is 0 Å². The minimum absolute atomic E-state index is 0.00635. The number of phosphoric ester groups is 3. The summed E-state index contributed by atoms with van der Waals surface area (Å²) in [4.78, 5) is 80.5. The number of nitrogen functional groups attached to an aromatic ring is 1. The van der Waals surface area contributed by atoms with Gasteiger partial charge in [-0.3, -0.25) is 37.3 Å². The number of rotatable bonds is 24. The van der Waals surface area contributed by atoms with Gasteiger partial charge in [-0.05, 0) is 6.07 Å². The van der Waals surface area contributed by atoms with Crippen LogP contribution in [0.3, 0.4) is 0 Å². The lowest BCUT2D eigenvalue weighted by Gasteiger charge is -2.26. The molecule has 35 heteroatoms. The first-order valence-corrected chi connectivity index (χ1v) is 23.6. The molecular formula is C33H44N6O26P3+. The van der Waals surface area contributed by atoms with Crippen molar-refractivity contribution in [3.63, 3.8) is 0 Å². The molecule has 10 atom stereocenters. The van der Waals surface area contributed by atoms with Crippen LogP contribution in [-0.2, 0) is 97.5 Å². The number of aliphatic hydroxyl groups excluding tert-OH is 3. The molecule has 0 aliphatic carbocycles. The van der Waals surface area contributed by atoms with E-state index in [9.17, 15) is 57.9 Å². The van der Waals surface area contributed by atoms with E-state index in [2.05, 4.69) is 33.9 Å². The highest BCUT2D eigenvalue weighted by Gasteiger charge is 2.53. The molecule has 3 aromatic rings. The molecule has 3 aromatic heterocycles. The quantitative estimate of drug-likeness (QED) is 0.0244. The molecule has 0 radical (unpaired) electrons. The van der Waals surface area contributed by atoms with Crippen molar-refractivity contribution in [1.82, 2.24) is 19.5 Å². The fourth-order valence-electron chi connectivity index (χ4n) is 5.72. The average Bonchev–Trinajstić information content (AvgIpc) is 3.91. The number of aromatic nitrogens is 5. The summed E-state index contributed by atoms with van der Waals surface area (Å²) < 4.78 is 114. The van der Waals surface area contributed by atoms with E-state index in [1.807, 2.05) is 0 Å². The van der Waals surface area contributed by atoms with Gasteiger partial charge in [0.1, 0.15) is 47.9 Å². The minimum atomic E-state index is -5.74. The van der Waals surface area contributed by atoms with Crippen molar-refractivity contribution >= 4 is 70.3 Å². The smallest absolute Gasteiger partial charge is 0.438 e. The van der Waals surface area contributed by atoms with Crippen LogP contribution in [0.25, 0.3) is 11.2 Å². The van der Waals surface area contributed by atoms with E-state index in [0.29, 0.717) is 0 Å². The Balaban J connectivity index is 1.32. The van der Waals surface area contributed by atoms with E-state index in [-0.39, 0.29) is 22.5 Å². The summed E-state index contributed by atoms with van der Waals surface area (Å²) in [6, 6.07) is 2.65. The summed E-state index contributed by atoms with van der Waals surface area (Å²) in [6.07, 6.45) is -9.53. The Kier molecular flexibility index (Phi) is 18.7. The maximum absolute atomic E-state index is 13.8. The summed E-state index contributed by atoms with van der Waals surface area (Å²) in [6.45, 7) is -2.20. The molecule has 6 N–H and O–H groups in total. The Morgan fingerprint density at radius 1 is 0.735 bits per heavy atom. The van der Waals surface area contributed by atoms with Gasteiger partial charge in [-0.25, -0.2) is 47.0 Å². The second kappa shape index (κ2) is 23.6. The number of aliphatic hydroxyl groups is 3. The van der Waals surface area contributed by atoms with E-state index < -0.39 is 143 Å². The van der Waals surface area contributed by atoms with Crippen LogP contribution in [0.15, 0.2) is 37.2 Å². The van der Waals surface area contributed by atoms with Gasteiger partial charge in [0.2, 0.25) is 27.2 Å². The first-order chi connectivity index (χ1) is 32.0. The zero-order valence-electron chi connectivity index (χ0n) is 35.8. The number of carbonyl (C=O) groups excluding carboxylic acids is 5. The Labute approximate surface area is 382 Å². The molecule has 2 unspecified atom stereocenters. The van der Waals surface area contributed by atoms with E-state index in [4.69, 9.17) is 51.4 Å². The molecule has 68 heavy (non-hydrogen) atoms. The van der Waals surface area contributed by atoms with Gasteiger partial charge < -0.3 is 59.1 Å². The average molecular weight is 1030 g/mol. The van der Waals surface area contributed by atoms with E-state index in [1.165, 1.54) is 18.3 Å². The number of nitrogens with zero attached hydrogens (tertiary/aromatic N) is 5. The number of hydrogen-bond acceptors (Lipinski definition) is 29. The third-order valence-electron chi connectivity index (χ3n) is 8.79. The van der Waals surface area contributed by atoms with E-state index >= 15 is 0 Å². The summed E-state index contributed by atoms with van der Waals surface area (Å²) in [5.74, 6) is -4.54. The number of hydrogen-bond donors (Lipinski definition) is 5. The van der Waals surface area contributed by atoms with Crippen LogP contribution in [0, 0.1) is 0 Å². The van der Waals surface area contributed by atoms with Gasteiger partial charge in [0.25, 0.3) is 6.23 Å². The first-order valence-electron chi connectivity index (χ1n) is 19.1. The SMILES string of the molecule is CC(=O)OCOC(=O)c1ccc[n+]([C@@H]2O[C@H](COP(=O)(OCOC(C)=O)OP(=O)(O)OC[C@H]3O[C@@H](n4cnc5c(N)ncnc54)[C@H](OP(=O)(OCOC(C)=O)OCOC(C)=O)[C@@H]3O)[C@@H](O)[C@H]2O)c1. The summed E-state index contributed by atoms with van der Waals surface area (Å²) >= 11 is 0. The highest BCUT2D eigenvalue weighted by molar-refractivity contribution is 7.61. The number of esters is 5. The van der Waals surface area contributed by atoms with Gasteiger partial charge in [0.05, 0.1) is 19.5 Å². The van der Waals surface area contributed by atoms with Crippen molar-refractivity contribution in [2.45, 2.75) is 76.8 Å². The third kappa shape index (κ3) is 14.8. The zero-order valence-corrected chi connectivity index (χ0v) is 38.4. The van der Waals surface area contributed by atoms with Crippen molar-refractivity contribution in [3.8, 4) is 0 Å². The highest BCUT2D eigenvalue weighted by atomic mass is 31.3. The third-order valence-corrected chi connectivity index (χ3v) is 13.1. The molecule has 0 saturated carbocycles. The summed E-state index contributed by atoms with van der Waals surface area (Å²) in [7, 11) is -16.3. The largest absolute Gasteiger partial charge is 0.486 e. The molecule has 5 heterocycles.